The molecule has 0 aromatic heterocycles. The Bertz CT molecular complexity index is 984. The summed E-state index contributed by atoms with van der Waals surface area (Å²) in [5.41, 5.74) is 6.08. The zero-order valence-corrected chi connectivity index (χ0v) is 14.7. The lowest BCUT2D eigenvalue weighted by Crippen LogP contribution is -1.85. The molecule has 0 saturated carbocycles. The van der Waals surface area contributed by atoms with Crippen LogP contribution in [0.2, 0.25) is 0 Å². The third-order valence-corrected chi connectivity index (χ3v) is 4.40. The van der Waals surface area contributed by atoms with Gasteiger partial charge in [-0.25, -0.2) is 0 Å². The predicted molar refractivity (Wildman–Crippen MR) is 109 cm³/mol. The minimum Gasteiger partial charge on any atom is -0.457 e. The van der Waals surface area contributed by atoms with Gasteiger partial charge in [0, 0.05) is 0 Å². The van der Waals surface area contributed by atoms with Crippen LogP contribution in [0.3, 0.4) is 0 Å². The Morgan fingerprint density at radius 2 is 0.962 bits per heavy atom. The van der Waals surface area contributed by atoms with E-state index in [2.05, 4.69) is 79.7 Å². The van der Waals surface area contributed by atoms with Gasteiger partial charge in [0.1, 0.15) is 11.5 Å². The third-order valence-electron chi connectivity index (χ3n) is 4.40. The fourth-order valence-corrected chi connectivity index (χ4v) is 3.02. The van der Waals surface area contributed by atoms with Crippen molar-refractivity contribution in [1.29, 1.82) is 0 Å². The monoisotopic (exact) mass is 336 g/mol. The SMILES string of the molecule is Cc1cccc(-c2ccc(Oc3ccc(-c4ccccc4)cc3)cc2)c1. The number of rotatable bonds is 4. The lowest BCUT2D eigenvalue weighted by Gasteiger charge is -2.09. The highest BCUT2D eigenvalue weighted by atomic mass is 16.5. The van der Waals surface area contributed by atoms with E-state index in [4.69, 9.17) is 4.74 Å². The molecule has 1 nitrogen and oxygen atoms in total. The Balaban J connectivity index is 1.49. The summed E-state index contributed by atoms with van der Waals surface area (Å²) in [4.78, 5) is 0. The van der Waals surface area contributed by atoms with Crippen LogP contribution in [0.25, 0.3) is 22.3 Å². The van der Waals surface area contributed by atoms with Gasteiger partial charge in [-0.1, -0.05) is 84.4 Å². The van der Waals surface area contributed by atoms with E-state index in [9.17, 15) is 0 Å². The molecule has 0 atom stereocenters. The average Bonchev–Trinajstić information content (AvgIpc) is 2.70. The second-order valence-electron chi connectivity index (χ2n) is 6.39. The molecule has 0 N–H and O–H groups in total. The number of ether oxygens (including phenoxy) is 1. The standard InChI is InChI=1S/C25H20O/c1-19-6-5-9-23(18-19)22-12-16-25(17-13-22)26-24-14-10-21(11-15-24)20-7-3-2-4-8-20/h2-18H,1H3. The van der Waals surface area contributed by atoms with Crippen LogP contribution in [0.5, 0.6) is 11.5 Å². The largest absolute Gasteiger partial charge is 0.457 e. The molecule has 0 fully saturated rings. The topological polar surface area (TPSA) is 9.23 Å². The summed E-state index contributed by atoms with van der Waals surface area (Å²) in [6, 6.07) is 35.3. The summed E-state index contributed by atoms with van der Waals surface area (Å²) < 4.78 is 5.98. The zero-order chi connectivity index (χ0) is 17.8. The van der Waals surface area contributed by atoms with E-state index < -0.39 is 0 Å². The molecule has 0 saturated heterocycles. The molecule has 0 aliphatic heterocycles. The molecule has 0 amide bonds. The Labute approximate surface area is 154 Å². The van der Waals surface area contributed by atoms with Crippen LogP contribution in [0.4, 0.5) is 0 Å². The molecule has 0 unspecified atom stereocenters. The van der Waals surface area contributed by atoms with Crippen molar-refractivity contribution in [3.63, 3.8) is 0 Å². The van der Waals surface area contributed by atoms with Crippen molar-refractivity contribution in [3.8, 4) is 33.8 Å². The van der Waals surface area contributed by atoms with Gasteiger partial charge in [0.25, 0.3) is 0 Å². The van der Waals surface area contributed by atoms with Gasteiger partial charge in [-0.15, -0.1) is 0 Å². The van der Waals surface area contributed by atoms with Gasteiger partial charge in [0.05, 0.1) is 0 Å². The fraction of sp³-hybridized carbons (Fsp3) is 0.0400. The highest BCUT2D eigenvalue weighted by molar-refractivity contribution is 5.65. The van der Waals surface area contributed by atoms with Crippen LogP contribution in [-0.2, 0) is 0 Å². The van der Waals surface area contributed by atoms with Gasteiger partial charge in [-0.2, -0.15) is 0 Å². The zero-order valence-electron chi connectivity index (χ0n) is 14.7. The molecule has 0 bridgehead atoms. The number of aryl methyl sites for hydroxylation is 1. The summed E-state index contributed by atoms with van der Waals surface area (Å²) in [6.45, 7) is 2.11. The summed E-state index contributed by atoms with van der Waals surface area (Å²) in [5, 5.41) is 0. The molecule has 4 rings (SSSR count). The molecule has 4 aromatic carbocycles. The first-order chi connectivity index (χ1) is 12.8. The predicted octanol–water partition coefficient (Wildman–Crippen LogP) is 7.12. The van der Waals surface area contributed by atoms with Crippen molar-refractivity contribution >= 4 is 0 Å². The van der Waals surface area contributed by atoms with Crippen LogP contribution < -0.4 is 4.74 Å². The van der Waals surface area contributed by atoms with Gasteiger partial charge in [0.15, 0.2) is 0 Å². The molecule has 0 heterocycles. The minimum absolute atomic E-state index is 0.841. The summed E-state index contributed by atoms with van der Waals surface area (Å²) in [7, 11) is 0. The third kappa shape index (κ3) is 3.68. The minimum atomic E-state index is 0.841. The molecular formula is C25H20O. The van der Waals surface area contributed by atoms with E-state index >= 15 is 0 Å². The maximum Gasteiger partial charge on any atom is 0.127 e. The van der Waals surface area contributed by atoms with Crippen molar-refractivity contribution in [2.45, 2.75) is 6.92 Å². The van der Waals surface area contributed by atoms with Crippen LogP contribution in [-0.4, -0.2) is 0 Å². The van der Waals surface area contributed by atoms with Gasteiger partial charge >= 0.3 is 0 Å². The Morgan fingerprint density at radius 3 is 1.54 bits per heavy atom. The normalized spacial score (nSPS) is 10.5. The first-order valence-electron chi connectivity index (χ1n) is 8.78. The number of hydrogen-bond donors (Lipinski definition) is 0. The molecule has 26 heavy (non-hydrogen) atoms. The maximum absolute atomic E-state index is 5.98. The lowest BCUT2D eigenvalue weighted by molar-refractivity contribution is 0.483. The molecule has 0 aliphatic carbocycles. The lowest BCUT2D eigenvalue weighted by atomic mass is 10.0. The first-order valence-corrected chi connectivity index (χ1v) is 8.78. The Hall–Kier alpha value is -3.32. The number of hydrogen-bond acceptors (Lipinski definition) is 1. The molecular weight excluding hydrogens is 316 g/mol. The van der Waals surface area contributed by atoms with Crippen molar-refractivity contribution in [1.82, 2.24) is 0 Å². The van der Waals surface area contributed by atoms with Crippen molar-refractivity contribution in [3.05, 3.63) is 109 Å². The summed E-state index contributed by atoms with van der Waals surface area (Å²) >= 11 is 0. The highest BCUT2D eigenvalue weighted by Crippen LogP contribution is 2.28. The van der Waals surface area contributed by atoms with E-state index in [0.717, 1.165) is 11.5 Å². The first kappa shape index (κ1) is 16.2. The van der Waals surface area contributed by atoms with E-state index in [1.807, 2.05) is 30.3 Å². The Morgan fingerprint density at radius 1 is 0.462 bits per heavy atom. The van der Waals surface area contributed by atoms with E-state index in [0.29, 0.717) is 0 Å². The van der Waals surface area contributed by atoms with Crippen LogP contribution in [0.15, 0.2) is 103 Å². The maximum atomic E-state index is 5.98. The Kier molecular flexibility index (Phi) is 4.53. The second-order valence-corrected chi connectivity index (χ2v) is 6.39. The smallest absolute Gasteiger partial charge is 0.127 e. The summed E-state index contributed by atoms with van der Waals surface area (Å²) in [6.07, 6.45) is 0. The molecule has 0 radical (unpaired) electrons. The van der Waals surface area contributed by atoms with Crippen molar-refractivity contribution in [2.24, 2.45) is 0 Å². The molecule has 0 aliphatic rings. The van der Waals surface area contributed by atoms with Crippen molar-refractivity contribution < 1.29 is 4.74 Å². The number of benzene rings is 4. The van der Waals surface area contributed by atoms with Crippen LogP contribution >= 0.6 is 0 Å². The quantitative estimate of drug-likeness (QED) is 0.385. The van der Waals surface area contributed by atoms with Crippen LogP contribution in [0, 0.1) is 6.92 Å². The molecule has 4 aromatic rings. The molecule has 0 spiro atoms. The summed E-state index contributed by atoms with van der Waals surface area (Å²) in [5.74, 6) is 1.68. The van der Waals surface area contributed by atoms with Gasteiger partial charge in [-0.05, 0) is 53.4 Å². The average molecular weight is 336 g/mol. The van der Waals surface area contributed by atoms with E-state index in [1.165, 1.54) is 27.8 Å². The fourth-order valence-electron chi connectivity index (χ4n) is 3.02. The second kappa shape index (κ2) is 7.28. The van der Waals surface area contributed by atoms with Crippen molar-refractivity contribution in [2.75, 3.05) is 0 Å². The van der Waals surface area contributed by atoms with Crippen LogP contribution in [0.1, 0.15) is 5.56 Å². The molecule has 126 valence electrons. The van der Waals surface area contributed by atoms with Gasteiger partial charge < -0.3 is 4.74 Å². The highest BCUT2D eigenvalue weighted by Gasteiger charge is 2.02. The van der Waals surface area contributed by atoms with Gasteiger partial charge in [-0.3, -0.25) is 0 Å². The van der Waals surface area contributed by atoms with E-state index in [1.54, 1.807) is 0 Å². The van der Waals surface area contributed by atoms with E-state index in [-0.39, 0.29) is 0 Å². The molecule has 1 heteroatoms. The van der Waals surface area contributed by atoms with Gasteiger partial charge in [0.2, 0.25) is 0 Å².